The van der Waals surface area contributed by atoms with Crippen LogP contribution in [0.25, 0.3) is 0 Å². The summed E-state index contributed by atoms with van der Waals surface area (Å²) in [7, 11) is 0. The van der Waals surface area contributed by atoms with E-state index in [9.17, 15) is 24.3 Å². The predicted molar refractivity (Wildman–Crippen MR) is 104 cm³/mol. The lowest BCUT2D eigenvalue weighted by atomic mass is 9.83. The monoisotopic (exact) mass is 409 g/mol. The number of carbonyl (C=O) groups excluding carboxylic acids is 4. The fourth-order valence-corrected chi connectivity index (χ4v) is 4.73. The van der Waals surface area contributed by atoms with Crippen molar-refractivity contribution in [2.75, 3.05) is 45.8 Å². The Hall–Kier alpha value is -2.20. The maximum atomic E-state index is 12.7. The number of nitrogens with one attached hydrogen (secondary N) is 2. The molecule has 0 saturated carbocycles. The Kier molecular flexibility index (Phi) is 6.42. The quantitative estimate of drug-likeness (QED) is 0.462. The van der Waals surface area contributed by atoms with Gasteiger partial charge < -0.3 is 25.5 Å². The van der Waals surface area contributed by atoms with Crippen molar-refractivity contribution in [2.24, 2.45) is 0 Å². The number of fused-ring (bicyclic) bond motifs is 2. The van der Waals surface area contributed by atoms with E-state index in [1.807, 2.05) is 4.90 Å². The number of carbonyl (C=O) groups is 4. The first-order valence-electron chi connectivity index (χ1n) is 10.2. The third kappa shape index (κ3) is 4.87. The van der Waals surface area contributed by atoms with Crippen LogP contribution >= 0.6 is 0 Å². The van der Waals surface area contributed by atoms with Crippen LogP contribution in [0.2, 0.25) is 0 Å². The van der Waals surface area contributed by atoms with Crippen molar-refractivity contribution in [3.8, 4) is 0 Å². The highest BCUT2D eigenvalue weighted by atomic mass is 16.3. The van der Waals surface area contributed by atoms with Crippen molar-refractivity contribution in [1.29, 1.82) is 0 Å². The molecule has 3 aliphatic heterocycles. The molecule has 3 fully saturated rings. The van der Waals surface area contributed by atoms with Crippen LogP contribution in [0.3, 0.4) is 0 Å². The molecule has 0 aromatic heterocycles. The van der Waals surface area contributed by atoms with E-state index in [1.165, 1.54) is 13.8 Å². The van der Waals surface area contributed by atoms with Crippen molar-refractivity contribution in [2.45, 2.75) is 50.8 Å². The molecular weight excluding hydrogens is 378 g/mol. The largest absolute Gasteiger partial charge is 0.392 e. The zero-order valence-corrected chi connectivity index (χ0v) is 17.1. The summed E-state index contributed by atoms with van der Waals surface area (Å²) >= 11 is 0. The van der Waals surface area contributed by atoms with Gasteiger partial charge in [0.05, 0.1) is 11.6 Å². The Labute approximate surface area is 170 Å². The average molecular weight is 409 g/mol. The lowest BCUT2D eigenvalue weighted by Crippen LogP contribution is -2.79. The van der Waals surface area contributed by atoms with Crippen molar-refractivity contribution in [3.63, 3.8) is 0 Å². The topological polar surface area (TPSA) is 122 Å². The Morgan fingerprint density at radius 2 is 1.41 bits per heavy atom. The van der Waals surface area contributed by atoms with Crippen LogP contribution in [0.4, 0.5) is 0 Å². The van der Waals surface area contributed by atoms with Gasteiger partial charge in [0.1, 0.15) is 0 Å². The van der Waals surface area contributed by atoms with Gasteiger partial charge in [0, 0.05) is 78.5 Å². The van der Waals surface area contributed by atoms with E-state index < -0.39 is 6.10 Å². The van der Waals surface area contributed by atoms with E-state index in [1.54, 1.807) is 4.90 Å². The van der Waals surface area contributed by atoms with E-state index >= 15 is 0 Å². The number of aliphatic hydroxyl groups excluding tert-OH is 1. The van der Waals surface area contributed by atoms with Crippen LogP contribution in [0.5, 0.6) is 0 Å². The van der Waals surface area contributed by atoms with Gasteiger partial charge in [-0.3, -0.25) is 24.1 Å². The van der Waals surface area contributed by atoms with Gasteiger partial charge in [-0.2, -0.15) is 0 Å². The van der Waals surface area contributed by atoms with Gasteiger partial charge in [0.15, 0.2) is 0 Å². The van der Waals surface area contributed by atoms with Crippen LogP contribution < -0.4 is 10.6 Å². The van der Waals surface area contributed by atoms with E-state index in [4.69, 9.17) is 0 Å². The minimum absolute atomic E-state index is 0.0187. The smallest absolute Gasteiger partial charge is 0.224 e. The summed E-state index contributed by atoms with van der Waals surface area (Å²) in [5, 5.41) is 15.4. The second-order valence-electron chi connectivity index (χ2n) is 8.41. The molecule has 0 aromatic rings. The lowest BCUT2D eigenvalue weighted by molar-refractivity contribution is -0.161. The molecule has 29 heavy (non-hydrogen) atoms. The second kappa shape index (κ2) is 8.66. The molecular formula is C19H31N5O5. The molecule has 0 bridgehead atoms. The summed E-state index contributed by atoms with van der Waals surface area (Å²) in [6, 6.07) is 0.0834. The minimum atomic E-state index is -0.421. The van der Waals surface area contributed by atoms with Gasteiger partial charge >= 0.3 is 0 Å². The molecule has 3 rings (SSSR count). The van der Waals surface area contributed by atoms with Gasteiger partial charge in [-0.1, -0.05) is 0 Å². The highest BCUT2D eigenvalue weighted by molar-refractivity contribution is 5.80. The Morgan fingerprint density at radius 3 is 1.97 bits per heavy atom. The number of hydrogen-bond donors (Lipinski definition) is 3. The third-order valence-corrected chi connectivity index (χ3v) is 6.02. The Balaban J connectivity index is 1.59. The Morgan fingerprint density at radius 1 is 0.897 bits per heavy atom. The molecule has 0 aromatic carbocycles. The number of aliphatic hydroxyl groups is 1. The molecule has 10 nitrogen and oxygen atoms in total. The zero-order valence-electron chi connectivity index (χ0n) is 17.1. The molecule has 3 aliphatic rings. The number of rotatable bonds is 6. The molecule has 0 radical (unpaired) electrons. The summed E-state index contributed by atoms with van der Waals surface area (Å²) in [4.78, 5) is 52.9. The molecule has 4 amide bonds. The summed E-state index contributed by atoms with van der Waals surface area (Å²) < 4.78 is 0. The zero-order chi connectivity index (χ0) is 21.2. The summed E-state index contributed by atoms with van der Waals surface area (Å²) in [5.74, 6) is -0.359. The standard InChI is InChI=1S/C19H31N5O5/c1-13(25)20-5-3-17(28)22-8-15-7-16(27)9-24(15)19(10-22)11-23(12-19)18(29)4-6-21-14(2)26/h15-16,27H,3-12H2,1-2H3,(H,20,25)(H,21,26)/t15-,16+/m0/s1. The number of amides is 4. The van der Waals surface area contributed by atoms with Gasteiger partial charge in [-0.15, -0.1) is 0 Å². The molecule has 3 saturated heterocycles. The first-order valence-corrected chi connectivity index (χ1v) is 10.2. The average Bonchev–Trinajstić information content (AvgIpc) is 2.98. The number of likely N-dealkylation sites (tertiary alicyclic amines) is 1. The molecule has 10 heteroatoms. The fourth-order valence-electron chi connectivity index (χ4n) is 4.73. The molecule has 1 spiro atoms. The minimum Gasteiger partial charge on any atom is -0.392 e. The first-order chi connectivity index (χ1) is 13.7. The van der Waals surface area contributed by atoms with Crippen LogP contribution in [0.1, 0.15) is 33.1 Å². The molecule has 0 unspecified atom stereocenters. The maximum absolute atomic E-state index is 12.7. The van der Waals surface area contributed by atoms with Gasteiger partial charge in [-0.25, -0.2) is 0 Å². The van der Waals surface area contributed by atoms with Crippen LogP contribution in [-0.2, 0) is 19.2 Å². The van der Waals surface area contributed by atoms with Crippen molar-refractivity contribution in [1.82, 2.24) is 25.3 Å². The first kappa shape index (κ1) is 21.5. The van der Waals surface area contributed by atoms with Gasteiger partial charge in [0.25, 0.3) is 0 Å². The fraction of sp³-hybridized carbons (Fsp3) is 0.789. The molecule has 0 aliphatic carbocycles. The number of nitrogens with zero attached hydrogens (tertiary/aromatic N) is 3. The van der Waals surface area contributed by atoms with Crippen molar-refractivity contribution >= 4 is 23.6 Å². The maximum Gasteiger partial charge on any atom is 0.224 e. The van der Waals surface area contributed by atoms with E-state index in [-0.39, 0.29) is 48.1 Å². The van der Waals surface area contributed by atoms with Crippen LogP contribution in [-0.4, -0.2) is 107 Å². The SMILES string of the molecule is CC(=O)NCCC(=O)N1C[C@@H]2C[C@@H](O)CN2C2(C1)CN(C(=O)CCNC(C)=O)C2. The lowest BCUT2D eigenvalue weighted by Gasteiger charge is -2.60. The molecule has 2 atom stereocenters. The molecule has 162 valence electrons. The van der Waals surface area contributed by atoms with Crippen molar-refractivity contribution in [3.05, 3.63) is 0 Å². The van der Waals surface area contributed by atoms with E-state index in [2.05, 4.69) is 15.5 Å². The highest BCUT2D eigenvalue weighted by Crippen LogP contribution is 2.39. The number of β-amino-alcohol motifs (C(OH)–C–C–N with tert-alkyl or cyclic N) is 1. The van der Waals surface area contributed by atoms with E-state index in [0.29, 0.717) is 52.2 Å². The normalized spacial score (nSPS) is 25.3. The van der Waals surface area contributed by atoms with Gasteiger partial charge in [-0.05, 0) is 6.42 Å². The van der Waals surface area contributed by atoms with E-state index in [0.717, 1.165) is 0 Å². The summed E-state index contributed by atoms with van der Waals surface area (Å²) in [6.45, 7) is 6.14. The van der Waals surface area contributed by atoms with Crippen molar-refractivity contribution < 1.29 is 24.3 Å². The number of hydrogen-bond acceptors (Lipinski definition) is 6. The summed E-state index contributed by atoms with van der Waals surface area (Å²) in [6.07, 6.45) is 0.690. The molecule has 3 N–H and O–H groups in total. The Bertz CT molecular complexity index is 678. The predicted octanol–water partition coefficient (Wildman–Crippen LogP) is -2.10. The number of piperazine rings is 1. The van der Waals surface area contributed by atoms with Crippen LogP contribution in [0.15, 0.2) is 0 Å². The summed E-state index contributed by atoms with van der Waals surface area (Å²) in [5.41, 5.74) is -0.326. The van der Waals surface area contributed by atoms with Gasteiger partial charge in [0.2, 0.25) is 23.6 Å². The second-order valence-corrected chi connectivity index (χ2v) is 8.41. The third-order valence-electron chi connectivity index (χ3n) is 6.02. The van der Waals surface area contributed by atoms with Crippen LogP contribution in [0, 0.1) is 0 Å². The molecule has 3 heterocycles. The highest BCUT2D eigenvalue weighted by Gasteiger charge is 2.57.